The van der Waals surface area contributed by atoms with Crippen molar-refractivity contribution in [2.75, 3.05) is 6.61 Å². The maximum Gasteiger partial charge on any atom is 0.214 e. The normalized spacial score (nSPS) is 32.3. The molecule has 0 bridgehead atoms. The van der Waals surface area contributed by atoms with E-state index in [1.165, 1.54) is 0 Å². The molecule has 0 radical (unpaired) electrons. The third-order valence-corrected chi connectivity index (χ3v) is 4.01. The summed E-state index contributed by atoms with van der Waals surface area (Å²) in [7, 11) is 0. The molecule has 2 N–H and O–H groups in total. The van der Waals surface area contributed by atoms with Crippen LogP contribution in [0.25, 0.3) is 0 Å². The van der Waals surface area contributed by atoms with Crippen molar-refractivity contribution in [2.45, 2.75) is 24.8 Å². The van der Waals surface area contributed by atoms with Crippen LogP contribution < -0.4 is 5.32 Å². The van der Waals surface area contributed by atoms with Gasteiger partial charge in [-0.05, 0) is 46.0 Å². The summed E-state index contributed by atoms with van der Waals surface area (Å²) in [6.07, 6.45) is 0.480. The molecule has 5 heteroatoms. The van der Waals surface area contributed by atoms with E-state index in [1.54, 1.807) is 6.07 Å². The lowest BCUT2D eigenvalue weighted by Crippen LogP contribution is -2.40. The standard InChI is InChI=1S/C11H11BrFNO2/c12-8-2-1-7-6(9(8)13)3-4-11(7)5-16-10(15)14-11/h1-2,10,14-15H,3-5H2/t10?,11-/m1/s1. The summed E-state index contributed by atoms with van der Waals surface area (Å²) in [5.41, 5.74) is 1.22. The first-order chi connectivity index (χ1) is 7.62. The molecule has 1 heterocycles. The number of rotatable bonds is 0. The Hall–Kier alpha value is -0.490. The minimum atomic E-state index is -0.947. The van der Waals surface area contributed by atoms with Crippen molar-refractivity contribution in [3.8, 4) is 0 Å². The predicted molar refractivity (Wildman–Crippen MR) is 59.2 cm³/mol. The van der Waals surface area contributed by atoms with E-state index in [0.717, 1.165) is 17.5 Å². The minimum Gasteiger partial charge on any atom is -0.356 e. The highest BCUT2D eigenvalue weighted by Gasteiger charge is 2.46. The van der Waals surface area contributed by atoms with E-state index < -0.39 is 12.0 Å². The van der Waals surface area contributed by atoms with Crippen molar-refractivity contribution in [2.24, 2.45) is 0 Å². The monoisotopic (exact) mass is 287 g/mol. The number of hydrogen-bond acceptors (Lipinski definition) is 3. The van der Waals surface area contributed by atoms with Crippen molar-refractivity contribution in [3.05, 3.63) is 33.5 Å². The van der Waals surface area contributed by atoms with E-state index >= 15 is 0 Å². The molecule has 86 valence electrons. The minimum absolute atomic E-state index is 0.197. The molecule has 1 aromatic carbocycles. The van der Waals surface area contributed by atoms with E-state index in [4.69, 9.17) is 4.74 Å². The van der Waals surface area contributed by atoms with Gasteiger partial charge in [-0.1, -0.05) is 6.07 Å². The Morgan fingerprint density at radius 3 is 3.06 bits per heavy atom. The Morgan fingerprint density at radius 2 is 2.38 bits per heavy atom. The largest absolute Gasteiger partial charge is 0.356 e. The maximum atomic E-state index is 13.9. The quantitative estimate of drug-likeness (QED) is 0.762. The fourth-order valence-electron chi connectivity index (χ4n) is 2.60. The van der Waals surface area contributed by atoms with E-state index in [-0.39, 0.29) is 5.82 Å². The maximum absolute atomic E-state index is 13.9. The first kappa shape index (κ1) is 10.7. The van der Waals surface area contributed by atoms with Crippen LogP contribution in [0.15, 0.2) is 16.6 Å². The summed E-state index contributed by atoms with van der Waals surface area (Å²) < 4.78 is 19.5. The van der Waals surface area contributed by atoms with Crippen LogP contribution in [-0.4, -0.2) is 18.1 Å². The predicted octanol–water partition coefficient (Wildman–Crippen LogP) is 1.63. The first-order valence-electron chi connectivity index (χ1n) is 5.17. The van der Waals surface area contributed by atoms with Crippen LogP contribution in [0.3, 0.4) is 0 Å². The molecule has 1 aromatic rings. The molecule has 3 rings (SSSR count). The molecule has 0 amide bonds. The number of halogens is 2. The molecule has 1 spiro atoms. The van der Waals surface area contributed by atoms with Gasteiger partial charge in [0.2, 0.25) is 6.41 Å². The molecule has 1 fully saturated rings. The van der Waals surface area contributed by atoms with Gasteiger partial charge in [0.1, 0.15) is 5.82 Å². The van der Waals surface area contributed by atoms with Crippen LogP contribution in [0, 0.1) is 5.82 Å². The highest BCUT2D eigenvalue weighted by Crippen LogP contribution is 2.42. The third-order valence-electron chi connectivity index (χ3n) is 3.40. The lowest BCUT2D eigenvalue weighted by Gasteiger charge is -2.23. The molecule has 2 aliphatic rings. The van der Waals surface area contributed by atoms with Crippen molar-refractivity contribution in [1.82, 2.24) is 5.32 Å². The third kappa shape index (κ3) is 1.35. The van der Waals surface area contributed by atoms with Gasteiger partial charge in [-0.2, -0.15) is 0 Å². The zero-order valence-corrected chi connectivity index (χ0v) is 10.1. The summed E-state index contributed by atoms with van der Waals surface area (Å²) in [5, 5.41) is 12.4. The topological polar surface area (TPSA) is 41.5 Å². The summed E-state index contributed by atoms with van der Waals surface area (Å²) in [5.74, 6) is -0.197. The van der Waals surface area contributed by atoms with E-state index in [2.05, 4.69) is 21.2 Å². The molecule has 1 saturated heterocycles. The number of benzene rings is 1. The number of nitrogens with one attached hydrogen (secondary N) is 1. The summed E-state index contributed by atoms with van der Waals surface area (Å²) in [6.45, 7) is 0.391. The average molecular weight is 288 g/mol. The zero-order valence-electron chi connectivity index (χ0n) is 8.46. The van der Waals surface area contributed by atoms with Gasteiger partial charge < -0.3 is 9.84 Å². The molecular weight excluding hydrogens is 277 g/mol. The van der Waals surface area contributed by atoms with Crippen LogP contribution in [0.2, 0.25) is 0 Å². The highest BCUT2D eigenvalue weighted by atomic mass is 79.9. The number of fused-ring (bicyclic) bond motifs is 2. The van der Waals surface area contributed by atoms with Gasteiger partial charge >= 0.3 is 0 Å². The molecule has 0 saturated carbocycles. The molecule has 1 unspecified atom stereocenters. The van der Waals surface area contributed by atoms with Crippen LogP contribution in [0.5, 0.6) is 0 Å². The zero-order chi connectivity index (χ0) is 11.3. The van der Waals surface area contributed by atoms with Crippen LogP contribution in [0.1, 0.15) is 17.5 Å². The average Bonchev–Trinajstić information content (AvgIpc) is 2.79. The Kier molecular flexibility index (Phi) is 2.33. The SMILES string of the molecule is OC1N[C@]2(CCc3c2ccc(Br)c3F)CO1. The van der Waals surface area contributed by atoms with E-state index in [9.17, 15) is 9.50 Å². The van der Waals surface area contributed by atoms with Gasteiger partial charge in [0.15, 0.2) is 0 Å². The van der Waals surface area contributed by atoms with Gasteiger partial charge in [-0.3, -0.25) is 5.32 Å². The second-order valence-corrected chi connectivity index (χ2v) is 5.13. The number of aliphatic hydroxyl groups excluding tert-OH is 1. The van der Waals surface area contributed by atoms with Crippen LogP contribution >= 0.6 is 15.9 Å². The smallest absolute Gasteiger partial charge is 0.214 e. The highest BCUT2D eigenvalue weighted by molar-refractivity contribution is 9.10. The lowest BCUT2D eigenvalue weighted by molar-refractivity contribution is -0.0719. The van der Waals surface area contributed by atoms with Crippen molar-refractivity contribution in [1.29, 1.82) is 0 Å². The van der Waals surface area contributed by atoms with Gasteiger partial charge in [0.25, 0.3) is 0 Å². The molecule has 3 nitrogen and oxygen atoms in total. The number of aliphatic hydroxyl groups is 1. The Labute approximate surface area is 101 Å². The van der Waals surface area contributed by atoms with Crippen LogP contribution in [-0.2, 0) is 16.7 Å². The van der Waals surface area contributed by atoms with Gasteiger partial charge in [0.05, 0.1) is 16.6 Å². The number of hydrogen-bond donors (Lipinski definition) is 2. The number of ether oxygens (including phenoxy) is 1. The lowest BCUT2D eigenvalue weighted by atomic mass is 9.93. The van der Waals surface area contributed by atoms with E-state index in [0.29, 0.717) is 17.5 Å². The molecule has 1 aliphatic heterocycles. The molecule has 2 atom stereocenters. The van der Waals surface area contributed by atoms with Crippen molar-refractivity contribution < 1.29 is 14.2 Å². The van der Waals surface area contributed by atoms with Gasteiger partial charge in [0, 0.05) is 0 Å². The fraction of sp³-hybridized carbons (Fsp3) is 0.455. The molecular formula is C11H11BrFNO2. The molecule has 0 aromatic heterocycles. The molecule has 1 aliphatic carbocycles. The summed E-state index contributed by atoms with van der Waals surface area (Å²) >= 11 is 3.18. The Bertz CT molecular complexity index is 454. The van der Waals surface area contributed by atoms with Gasteiger partial charge in [-0.25, -0.2) is 4.39 Å². The van der Waals surface area contributed by atoms with Gasteiger partial charge in [-0.15, -0.1) is 0 Å². The van der Waals surface area contributed by atoms with Crippen molar-refractivity contribution >= 4 is 15.9 Å². The Morgan fingerprint density at radius 1 is 1.56 bits per heavy atom. The second kappa shape index (κ2) is 3.50. The molecule has 16 heavy (non-hydrogen) atoms. The van der Waals surface area contributed by atoms with Crippen molar-refractivity contribution in [3.63, 3.8) is 0 Å². The fourth-order valence-corrected chi connectivity index (χ4v) is 2.97. The second-order valence-electron chi connectivity index (χ2n) is 4.28. The summed E-state index contributed by atoms with van der Waals surface area (Å²) in [6, 6.07) is 3.59. The van der Waals surface area contributed by atoms with E-state index in [1.807, 2.05) is 6.07 Å². The van der Waals surface area contributed by atoms with Crippen LogP contribution in [0.4, 0.5) is 4.39 Å². The summed E-state index contributed by atoms with van der Waals surface area (Å²) in [4.78, 5) is 0. The Balaban J connectivity index is 2.10. The first-order valence-corrected chi connectivity index (χ1v) is 5.96.